The van der Waals surface area contributed by atoms with Crippen LogP contribution in [0.1, 0.15) is 117 Å². The van der Waals surface area contributed by atoms with Crippen LogP contribution in [0.2, 0.25) is 0 Å². The van der Waals surface area contributed by atoms with E-state index in [4.69, 9.17) is 19.0 Å². The number of oxime groups is 1. The summed E-state index contributed by atoms with van der Waals surface area (Å²) in [4.78, 5) is 91.2. The Morgan fingerprint density at radius 3 is 2.03 bits per heavy atom. The number of ketones is 3. The number of benzene rings is 3. The number of amides is 2. The fraction of sp³-hybridized carbons (Fsp3) is 0.561. The number of epoxide rings is 1. The minimum Gasteiger partial charge on any atom is -0.425 e. The molecule has 0 spiro atoms. The second-order valence-electron chi connectivity index (χ2n) is 21.5. The third-order valence-corrected chi connectivity index (χ3v) is 13.1. The van der Waals surface area contributed by atoms with Gasteiger partial charge in [0.2, 0.25) is 11.8 Å². The molecule has 0 bridgehead atoms. The lowest BCUT2D eigenvalue weighted by Crippen LogP contribution is -2.50. The molecular formula is C57H78N4O10. The van der Waals surface area contributed by atoms with Crippen molar-refractivity contribution in [2.45, 2.75) is 137 Å². The minimum absolute atomic E-state index is 0.0163. The van der Waals surface area contributed by atoms with E-state index in [1.54, 1.807) is 40.7 Å². The zero-order valence-corrected chi connectivity index (χ0v) is 43.7. The molecule has 0 aliphatic carbocycles. The predicted molar refractivity (Wildman–Crippen MR) is 274 cm³/mol. The van der Waals surface area contributed by atoms with Gasteiger partial charge < -0.3 is 29.7 Å². The molecule has 14 nitrogen and oxygen atoms in total. The monoisotopic (exact) mass is 979 g/mol. The summed E-state index contributed by atoms with van der Waals surface area (Å²) in [5, 5.41) is 10.2. The van der Waals surface area contributed by atoms with Crippen LogP contribution in [0.3, 0.4) is 0 Å². The molecule has 2 saturated heterocycles. The van der Waals surface area contributed by atoms with E-state index in [1.165, 1.54) is 7.11 Å². The van der Waals surface area contributed by atoms with Crippen molar-refractivity contribution in [3.63, 3.8) is 0 Å². The van der Waals surface area contributed by atoms with Crippen molar-refractivity contribution in [1.82, 2.24) is 15.5 Å². The maximum atomic E-state index is 14.6. The van der Waals surface area contributed by atoms with Crippen LogP contribution < -0.4 is 15.4 Å². The summed E-state index contributed by atoms with van der Waals surface area (Å²) in [7, 11) is 1.45. The maximum absolute atomic E-state index is 14.6. The number of nitrogens with one attached hydrogen (secondary N) is 2. The van der Waals surface area contributed by atoms with Gasteiger partial charge in [-0.25, -0.2) is 0 Å². The molecule has 1 unspecified atom stereocenters. The number of ether oxygens (including phenoxy) is 3. The van der Waals surface area contributed by atoms with Gasteiger partial charge in [0, 0.05) is 42.8 Å². The number of hydrogen-bond acceptors (Lipinski definition) is 12. The summed E-state index contributed by atoms with van der Waals surface area (Å²) in [5.41, 5.74) is 2.30. The molecule has 0 aromatic heterocycles. The van der Waals surface area contributed by atoms with Gasteiger partial charge >= 0.3 is 5.97 Å². The summed E-state index contributed by atoms with van der Waals surface area (Å²) in [6.45, 7) is 18.5. The summed E-state index contributed by atoms with van der Waals surface area (Å²) in [5.74, 6) is -2.81. The van der Waals surface area contributed by atoms with Gasteiger partial charge in [-0.2, -0.15) is 0 Å². The van der Waals surface area contributed by atoms with E-state index >= 15 is 0 Å². The molecule has 2 aliphatic heterocycles. The van der Waals surface area contributed by atoms with Crippen molar-refractivity contribution in [3.8, 4) is 5.75 Å². The molecule has 0 saturated carbocycles. The van der Waals surface area contributed by atoms with Crippen LogP contribution in [0.5, 0.6) is 5.75 Å². The normalized spacial score (nSPS) is 19.0. The Morgan fingerprint density at radius 1 is 0.817 bits per heavy atom. The Morgan fingerprint density at radius 2 is 1.42 bits per heavy atom. The molecule has 2 fully saturated rings. The molecular weight excluding hydrogens is 901 g/mol. The first-order valence-corrected chi connectivity index (χ1v) is 25.3. The summed E-state index contributed by atoms with van der Waals surface area (Å²) < 4.78 is 17.2. The molecule has 2 heterocycles. The zero-order valence-electron chi connectivity index (χ0n) is 43.7. The Balaban J connectivity index is 1.34. The quantitative estimate of drug-likeness (QED) is 0.0251. The predicted octanol–water partition coefficient (Wildman–Crippen LogP) is 7.70. The Bertz CT molecular complexity index is 2300. The van der Waals surface area contributed by atoms with Crippen molar-refractivity contribution >= 4 is 40.8 Å². The third-order valence-electron chi connectivity index (χ3n) is 13.1. The highest BCUT2D eigenvalue weighted by atomic mass is 16.6. The second kappa shape index (κ2) is 26.2. The van der Waals surface area contributed by atoms with Gasteiger partial charge in [-0.05, 0) is 114 Å². The largest absolute Gasteiger partial charge is 0.425 e. The van der Waals surface area contributed by atoms with Crippen LogP contribution in [0.15, 0.2) is 84.0 Å². The van der Waals surface area contributed by atoms with Gasteiger partial charge in [0.05, 0.1) is 49.6 Å². The number of hydrogen-bond donors (Lipinski definition) is 2. The molecule has 14 heteroatoms. The van der Waals surface area contributed by atoms with Gasteiger partial charge in [-0.15, -0.1) is 0 Å². The van der Waals surface area contributed by atoms with E-state index in [0.29, 0.717) is 75.5 Å². The molecule has 3 aromatic rings. The fourth-order valence-corrected chi connectivity index (χ4v) is 8.93. The summed E-state index contributed by atoms with van der Waals surface area (Å²) >= 11 is 0. The van der Waals surface area contributed by atoms with Crippen LogP contribution >= 0.6 is 0 Å². The average molecular weight is 979 g/mol. The Hall–Kier alpha value is -5.57. The number of Topliss-reactive ketones (excluding diaryl/α,β-unsaturated/α-hetero) is 3. The van der Waals surface area contributed by atoms with Crippen LogP contribution in [-0.4, -0.2) is 109 Å². The Kier molecular flexibility index (Phi) is 20.8. The van der Waals surface area contributed by atoms with E-state index < -0.39 is 40.8 Å². The number of rotatable bonds is 27. The first kappa shape index (κ1) is 56.3. The van der Waals surface area contributed by atoms with E-state index in [0.717, 1.165) is 16.7 Å². The van der Waals surface area contributed by atoms with Gasteiger partial charge in [0.25, 0.3) is 0 Å². The summed E-state index contributed by atoms with van der Waals surface area (Å²) in [6.07, 6.45) is 2.27. The van der Waals surface area contributed by atoms with Crippen molar-refractivity contribution < 1.29 is 47.8 Å². The van der Waals surface area contributed by atoms with Crippen molar-refractivity contribution in [3.05, 3.63) is 101 Å². The SMILES string of the molecule is CO/N=C(\C)c1cc(CC2COCCN2CC(=O)C[C@@H](CCc2ccccc2)C(=O)N[C@@H](CC(C)C)C(=O)C[C@@H](Cc2ccccc2)C(=O)N[C@@H](CC(C)C)C(=O)[C@@]2(C)CO2)ccc1OC(=O)C(C)(C)C. The number of nitrogens with zero attached hydrogens (tertiary/aromatic N) is 2. The van der Waals surface area contributed by atoms with Crippen molar-refractivity contribution in [2.75, 3.05) is 40.0 Å². The lowest BCUT2D eigenvalue weighted by atomic mass is 9.87. The van der Waals surface area contributed by atoms with E-state index in [1.807, 2.05) is 100 Å². The van der Waals surface area contributed by atoms with Crippen molar-refractivity contribution in [2.24, 2.45) is 34.2 Å². The lowest BCUT2D eigenvalue weighted by molar-refractivity contribution is -0.143. The second-order valence-corrected chi connectivity index (χ2v) is 21.5. The number of morpholine rings is 1. The summed E-state index contributed by atoms with van der Waals surface area (Å²) in [6, 6.07) is 23.0. The topological polar surface area (TPSA) is 182 Å². The molecule has 3 aromatic carbocycles. The van der Waals surface area contributed by atoms with E-state index in [2.05, 4.69) is 20.7 Å². The molecule has 2 N–H and O–H groups in total. The van der Waals surface area contributed by atoms with Crippen LogP contribution in [0.4, 0.5) is 0 Å². The van der Waals surface area contributed by atoms with E-state index in [-0.39, 0.29) is 72.9 Å². The van der Waals surface area contributed by atoms with Crippen molar-refractivity contribution in [1.29, 1.82) is 0 Å². The molecule has 2 amide bonds. The highest BCUT2D eigenvalue weighted by Crippen LogP contribution is 2.31. The molecule has 5 rings (SSSR count). The maximum Gasteiger partial charge on any atom is 0.316 e. The zero-order chi connectivity index (χ0) is 51.9. The number of aryl methyl sites for hydroxylation is 1. The van der Waals surface area contributed by atoms with Crippen LogP contribution in [-0.2, 0) is 62.3 Å². The molecule has 0 radical (unpaired) electrons. The molecule has 386 valence electrons. The fourth-order valence-electron chi connectivity index (χ4n) is 8.93. The van der Waals surface area contributed by atoms with Gasteiger partial charge in [-0.1, -0.05) is 99.6 Å². The highest BCUT2D eigenvalue weighted by molar-refractivity contribution is 6.02. The third kappa shape index (κ3) is 17.6. The number of carbonyl (C=O) groups excluding carboxylic acids is 6. The first-order valence-electron chi connectivity index (χ1n) is 25.3. The van der Waals surface area contributed by atoms with Gasteiger partial charge in [0.1, 0.15) is 24.2 Å². The number of esters is 1. The molecule has 71 heavy (non-hydrogen) atoms. The lowest BCUT2D eigenvalue weighted by Gasteiger charge is -2.35. The highest BCUT2D eigenvalue weighted by Gasteiger charge is 2.50. The average Bonchev–Trinajstić information content (AvgIpc) is 4.08. The number of carbonyl (C=O) groups is 6. The molecule has 2 aliphatic rings. The van der Waals surface area contributed by atoms with Crippen LogP contribution in [0, 0.1) is 29.1 Å². The van der Waals surface area contributed by atoms with E-state index in [9.17, 15) is 28.8 Å². The standard InChI is InChI=1S/C57H78N4O10/c1-37(2)27-48(50(63)33-44(29-41-19-15-12-16-20-41)54(66)59-49(28-38(3)4)52(64)57(9)36-70-57)58-53(65)43(23-21-40-17-13-11-14-18-40)32-46(62)34-61-25-26-69-35-45(61)30-42-22-24-51(71-55(67)56(6,7)8)47(31-42)39(5)60-68-10/h11-20,22,24,31,37-38,43-45,48-49H,21,23,25-30,32-36H2,1-10H3,(H,58,65)(H,59,66)/b60-39+/t43-,44-,45?,48+,49+,57-/m1/s1. The minimum atomic E-state index is -0.935. The van der Waals surface area contributed by atoms with Gasteiger partial charge in [0.15, 0.2) is 11.6 Å². The van der Waals surface area contributed by atoms with Gasteiger partial charge in [-0.3, -0.25) is 33.7 Å². The Labute approximate surface area is 421 Å². The molecule has 6 atom stereocenters. The smallest absolute Gasteiger partial charge is 0.316 e. The first-order chi connectivity index (χ1) is 33.6. The van der Waals surface area contributed by atoms with Crippen LogP contribution in [0.25, 0.3) is 0 Å².